The Labute approximate surface area is 122 Å². The molecule has 1 rings (SSSR count). The van der Waals surface area contributed by atoms with Gasteiger partial charge < -0.3 is 10.1 Å². The van der Waals surface area contributed by atoms with Gasteiger partial charge in [0, 0.05) is 0 Å². The zero-order chi connectivity index (χ0) is 14.3. The molecule has 0 aromatic rings. The van der Waals surface area contributed by atoms with Crippen LogP contribution in [0.2, 0.25) is 0 Å². The van der Waals surface area contributed by atoms with Gasteiger partial charge in [0.2, 0.25) is 0 Å². The van der Waals surface area contributed by atoms with Crippen molar-refractivity contribution in [3.05, 3.63) is 0 Å². The lowest BCUT2D eigenvalue weighted by Crippen LogP contribution is -2.55. The lowest BCUT2D eigenvalue weighted by atomic mass is 9.85. The van der Waals surface area contributed by atoms with Gasteiger partial charge in [0.25, 0.3) is 0 Å². The van der Waals surface area contributed by atoms with Crippen molar-refractivity contribution in [3.8, 4) is 0 Å². The SMILES string of the molecule is CCNC1(C(=O)OC)CCCC1CCSCC(C)C. The van der Waals surface area contributed by atoms with Gasteiger partial charge >= 0.3 is 5.97 Å². The lowest BCUT2D eigenvalue weighted by Gasteiger charge is -2.33. The van der Waals surface area contributed by atoms with Crippen molar-refractivity contribution in [2.24, 2.45) is 11.8 Å². The van der Waals surface area contributed by atoms with Gasteiger partial charge in [0.1, 0.15) is 5.54 Å². The Bertz CT molecular complexity index is 283. The minimum Gasteiger partial charge on any atom is -0.468 e. The highest BCUT2D eigenvalue weighted by Crippen LogP contribution is 2.39. The van der Waals surface area contributed by atoms with E-state index in [1.165, 1.54) is 12.9 Å². The van der Waals surface area contributed by atoms with E-state index >= 15 is 0 Å². The minimum absolute atomic E-state index is 0.0642. The van der Waals surface area contributed by atoms with Crippen LogP contribution in [0.4, 0.5) is 0 Å². The van der Waals surface area contributed by atoms with Crippen molar-refractivity contribution >= 4 is 17.7 Å². The Kier molecular flexibility index (Phi) is 7.22. The van der Waals surface area contributed by atoms with Crippen LogP contribution in [0.3, 0.4) is 0 Å². The van der Waals surface area contributed by atoms with Crippen LogP contribution >= 0.6 is 11.8 Å². The summed E-state index contributed by atoms with van der Waals surface area (Å²) in [6, 6.07) is 0. The zero-order valence-corrected chi connectivity index (χ0v) is 13.6. The second-order valence-corrected chi connectivity index (χ2v) is 6.99. The fraction of sp³-hybridized carbons (Fsp3) is 0.933. The summed E-state index contributed by atoms with van der Waals surface area (Å²) < 4.78 is 5.06. The molecule has 2 atom stereocenters. The zero-order valence-electron chi connectivity index (χ0n) is 12.8. The molecule has 1 saturated carbocycles. The number of thioether (sulfide) groups is 1. The van der Waals surface area contributed by atoms with Gasteiger partial charge in [-0.15, -0.1) is 0 Å². The quantitative estimate of drug-likeness (QED) is 0.550. The van der Waals surface area contributed by atoms with Crippen LogP contribution in [0.5, 0.6) is 0 Å². The van der Waals surface area contributed by atoms with Gasteiger partial charge in [-0.2, -0.15) is 11.8 Å². The first-order chi connectivity index (χ1) is 9.06. The molecular formula is C15H29NO2S. The van der Waals surface area contributed by atoms with E-state index in [0.717, 1.165) is 43.9 Å². The summed E-state index contributed by atoms with van der Waals surface area (Å²) in [6.07, 6.45) is 4.30. The number of rotatable bonds is 8. The van der Waals surface area contributed by atoms with E-state index in [-0.39, 0.29) is 5.97 Å². The number of likely N-dealkylation sites (N-methyl/N-ethyl adjacent to an activating group) is 1. The predicted molar refractivity (Wildman–Crippen MR) is 82.5 cm³/mol. The Hall–Kier alpha value is -0.220. The second kappa shape index (κ2) is 8.15. The summed E-state index contributed by atoms with van der Waals surface area (Å²) in [7, 11) is 1.50. The molecule has 0 amide bonds. The van der Waals surface area contributed by atoms with Crippen LogP contribution < -0.4 is 5.32 Å². The molecule has 1 fully saturated rings. The smallest absolute Gasteiger partial charge is 0.326 e. The van der Waals surface area contributed by atoms with E-state index in [9.17, 15) is 4.79 Å². The highest BCUT2D eigenvalue weighted by Gasteiger charge is 2.48. The number of hydrogen-bond donors (Lipinski definition) is 1. The summed E-state index contributed by atoms with van der Waals surface area (Å²) in [5.41, 5.74) is -0.415. The second-order valence-electron chi connectivity index (χ2n) is 5.84. The largest absolute Gasteiger partial charge is 0.468 e. The molecule has 1 N–H and O–H groups in total. The number of nitrogens with one attached hydrogen (secondary N) is 1. The summed E-state index contributed by atoms with van der Waals surface area (Å²) in [4.78, 5) is 12.2. The molecule has 0 heterocycles. The van der Waals surface area contributed by atoms with Crippen molar-refractivity contribution < 1.29 is 9.53 Å². The normalized spacial score (nSPS) is 26.9. The molecule has 1 aliphatic rings. The maximum Gasteiger partial charge on any atom is 0.326 e. The molecule has 0 bridgehead atoms. The molecule has 4 heteroatoms. The summed E-state index contributed by atoms with van der Waals surface area (Å²) in [5.74, 6) is 3.46. The molecular weight excluding hydrogens is 258 g/mol. The number of esters is 1. The first kappa shape index (κ1) is 16.8. The van der Waals surface area contributed by atoms with Crippen LogP contribution in [0, 0.1) is 11.8 Å². The molecule has 2 unspecified atom stereocenters. The maximum absolute atomic E-state index is 12.2. The van der Waals surface area contributed by atoms with Gasteiger partial charge in [0.15, 0.2) is 0 Å². The molecule has 1 aliphatic carbocycles. The first-order valence-electron chi connectivity index (χ1n) is 7.48. The molecule has 112 valence electrons. The monoisotopic (exact) mass is 287 g/mol. The molecule has 0 aromatic heterocycles. The molecule has 0 aromatic carbocycles. The van der Waals surface area contributed by atoms with Crippen molar-refractivity contribution in [1.29, 1.82) is 0 Å². The molecule has 3 nitrogen and oxygen atoms in total. The number of ether oxygens (including phenoxy) is 1. The van der Waals surface area contributed by atoms with E-state index in [4.69, 9.17) is 4.74 Å². The van der Waals surface area contributed by atoms with Crippen molar-refractivity contribution in [1.82, 2.24) is 5.32 Å². The Morgan fingerprint density at radius 2 is 2.26 bits per heavy atom. The number of carbonyl (C=O) groups is 1. The average molecular weight is 287 g/mol. The fourth-order valence-electron chi connectivity index (χ4n) is 3.08. The van der Waals surface area contributed by atoms with Gasteiger partial charge in [-0.25, -0.2) is 0 Å². The summed E-state index contributed by atoms with van der Waals surface area (Å²) in [6.45, 7) is 7.39. The van der Waals surface area contributed by atoms with Crippen molar-refractivity contribution in [3.63, 3.8) is 0 Å². The first-order valence-corrected chi connectivity index (χ1v) is 8.63. The molecule has 0 radical (unpaired) electrons. The molecule has 0 spiro atoms. The minimum atomic E-state index is -0.415. The number of hydrogen-bond acceptors (Lipinski definition) is 4. The van der Waals surface area contributed by atoms with E-state index in [1.54, 1.807) is 0 Å². The Morgan fingerprint density at radius 1 is 1.53 bits per heavy atom. The van der Waals surface area contributed by atoms with Gasteiger partial charge in [-0.1, -0.05) is 27.2 Å². The van der Waals surface area contributed by atoms with Crippen LogP contribution in [-0.2, 0) is 9.53 Å². The van der Waals surface area contributed by atoms with E-state index in [0.29, 0.717) is 5.92 Å². The third kappa shape index (κ3) is 4.38. The van der Waals surface area contributed by atoms with Gasteiger partial charge in [-0.3, -0.25) is 4.79 Å². The van der Waals surface area contributed by atoms with Gasteiger partial charge in [0.05, 0.1) is 7.11 Å². The topological polar surface area (TPSA) is 38.3 Å². The van der Waals surface area contributed by atoms with Crippen molar-refractivity contribution in [2.75, 3.05) is 25.2 Å². The summed E-state index contributed by atoms with van der Waals surface area (Å²) >= 11 is 2.01. The highest BCUT2D eigenvalue weighted by atomic mass is 32.2. The van der Waals surface area contributed by atoms with Crippen LogP contribution in [-0.4, -0.2) is 36.7 Å². The van der Waals surface area contributed by atoms with E-state index in [2.05, 4.69) is 26.1 Å². The third-order valence-electron chi connectivity index (χ3n) is 3.92. The number of carbonyl (C=O) groups excluding carboxylic acids is 1. The fourth-order valence-corrected chi connectivity index (χ4v) is 4.17. The summed E-state index contributed by atoms with van der Waals surface area (Å²) in [5, 5.41) is 3.42. The van der Waals surface area contributed by atoms with Crippen LogP contribution in [0.25, 0.3) is 0 Å². The van der Waals surface area contributed by atoms with E-state index in [1.807, 2.05) is 11.8 Å². The third-order valence-corrected chi connectivity index (χ3v) is 5.35. The van der Waals surface area contributed by atoms with E-state index < -0.39 is 5.54 Å². The van der Waals surface area contributed by atoms with Crippen LogP contribution in [0.1, 0.15) is 46.5 Å². The Morgan fingerprint density at radius 3 is 2.84 bits per heavy atom. The predicted octanol–water partition coefficient (Wildman–Crippen LogP) is 3.09. The maximum atomic E-state index is 12.2. The van der Waals surface area contributed by atoms with Crippen molar-refractivity contribution in [2.45, 2.75) is 52.0 Å². The lowest BCUT2D eigenvalue weighted by molar-refractivity contribution is -0.150. The van der Waals surface area contributed by atoms with Gasteiger partial charge in [-0.05, 0) is 49.1 Å². The highest BCUT2D eigenvalue weighted by molar-refractivity contribution is 7.99. The Balaban J connectivity index is 2.56. The average Bonchev–Trinajstić information content (AvgIpc) is 2.78. The molecule has 0 saturated heterocycles. The molecule has 19 heavy (non-hydrogen) atoms. The number of methoxy groups -OCH3 is 1. The standard InChI is InChI=1S/C15H29NO2S/c1-5-16-15(14(17)18-4)9-6-7-13(15)8-10-19-11-12(2)3/h12-13,16H,5-11H2,1-4H3. The molecule has 0 aliphatic heterocycles. The van der Waals surface area contributed by atoms with Crippen LogP contribution in [0.15, 0.2) is 0 Å².